The Morgan fingerprint density at radius 2 is 0.683 bits per heavy atom. The van der Waals surface area contributed by atoms with E-state index >= 15 is 0 Å². The molecule has 4 aliphatic heterocycles. The van der Waals surface area contributed by atoms with Gasteiger partial charge in [0, 0.05) is 76.3 Å². The molecule has 0 saturated carbocycles. The number of benzene rings is 8. The van der Waals surface area contributed by atoms with Crippen LogP contribution >= 0.6 is 0 Å². The van der Waals surface area contributed by atoms with Gasteiger partial charge in [0.1, 0.15) is 65.8 Å². The standard InChI is InChI=1S/C25H19F4N7O.C23H15F4N7O.2C23H16F3N7O2/c1-13(2)23-31-24(37-33-23)22-21-11-19-17(9-14-3-6-16(26)7-4-14)32-34-36(19)20-10-15(25(27,28)29)5-8-18(20)35(21)12-30-22;1-12-29-22(31-35-12)21-20-10-18-16(8-13-2-5-15(24)6-3-13)30-32-34(18)19-9-14(23(25,26)27)4-7-17(19)33(20)11-28-21;1-12-28-22(35-30-12)21-20-10-18-16(8-13-2-4-14(24)5-3-13)29-31-33(18)19-9-15(34-23(25)26)6-7-17(19)32(20)11-27-21;1-12-28-22(35-30-12)21-20-10-18-16(8-13-3-2-4-14(24)7-13)29-31-33(18)19-9-15(34-23(25)26)5-6-17(19)32(20)11-27-21/h3-8,10,12-13H,9,11H2,1-2H3;2-7,9,11H,8,10H2,1H3;2*2-7,9,11,23H,8,10H2,1H3. The van der Waals surface area contributed by atoms with Crippen molar-refractivity contribution in [3.8, 4) is 103 Å². The van der Waals surface area contributed by atoms with E-state index in [2.05, 4.69) is 111 Å². The van der Waals surface area contributed by atoms with Gasteiger partial charge >= 0.3 is 25.6 Å². The molecule has 34 nitrogen and oxygen atoms in total. The topological polar surface area (TPSA) is 368 Å². The van der Waals surface area contributed by atoms with Crippen molar-refractivity contribution >= 4 is 0 Å². The molecule has 0 aliphatic carbocycles. The van der Waals surface area contributed by atoms with Crippen LogP contribution in [0.15, 0.2) is 213 Å². The van der Waals surface area contributed by atoms with Crippen molar-refractivity contribution in [2.24, 2.45) is 0 Å². The fourth-order valence-electron chi connectivity index (χ4n) is 16.9. The number of aromatic nitrogens is 28. The average molecular weight is 1950 g/mol. The molecule has 0 N–H and O–H groups in total. The molecule has 0 radical (unpaired) electrons. The highest BCUT2D eigenvalue weighted by atomic mass is 19.4. The van der Waals surface area contributed by atoms with Crippen LogP contribution in [0.5, 0.6) is 11.5 Å². The smallest absolute Gasteiger partial charge is 0.416 e. The molecule has 0 fully saturated rings. The summed E-state index contributed by atoms with van der Waals surface area (Å²) in [4.78, 5) is 35.2. The Balaban J connectivity index is 0.000000112. The van der Waals surface area contributed by atoms with E-state index in [9.17, 15) is 61.5 Å². The normalized spacial score (nSPS) is 12.5. The molecule has 0 bridgehead atoms. The van der Waals surface area contributed by atoms with Crippen molar-refractivity contribution in [1.29, 1.82) is 0 Å². The van der Waals surface area contributed by atoms with Gasteiger partial charge < -0.3 is 27.6 Å². The maximum absolute atomic E-state index is 13.8. The maximum Gasteiger partial charge on any atom is 0.416 e. The molecule has 12 aromatic heterocycles. The molecule has 142 heavy (non-hydrogen) atoms. The summed E-state index contributed by atoms with van der Waals surface area (Å²) in [5.74, 6) is 1.37. The van der Waals surface area contributed by atoms with Gasteiger partial charge in [-0.05, 0) is 145 Å². The van der Waals surface area contributed by atoms with Crippen LogP contribution in [0, 0.1) is 44.0 Å². The van der Waals surface area contributed by atoms with Gasteiger partial charge in [-0.15, -0.1) is 20.4 Å². The third kappa shape index (κ3) is 17.8. The molecule has 0 saturated heterocycles. The zero-order chi connectivity index (χ0) is 98.4. The molecule has 716 valence electrons. The minimum atomic E-state index is -4.54. The molecule has 8 aromatic carbocycles. The number of alkyl halides is 10. The lowest BCUT2D eigenvalue weighted by molar-refractivity contribution is -0.138. The lowest BCUT2D eigenvalue weighted by Gasteiger charge is -2.13. The molecule has 48 heteroatoms. The number of rotatable bonds is 17. The summed E-state index contributed by atoms with van der Waals surface area (Å²) in [6.07, 6.45) is -0.384. The lowest BCUT2D eigenvalue weighted by atomic mass is 10.1. The van der Waals surface area contributed by atoms with Gasteiger partial charge in [-0.2, -0.15) is 63.8 Å². The summed E-state index contributed by atoms with van der Waals surface area (Å²) >= 11 is 0. The fraction of sp³-hybridized carbons (Fsp3) is 0.191. The van der Waals surface area contributed by atoms with E-state index in [1.54, 1.807) is 113 Å². The number of aryl methyl sites for hydroxylation is 3. The van der Waals surface area contributed by atoms with E-state index in [0.29, 0.717) is 181 Å². The minimum absolute atomic E-state index is 0.0170. The minimum Gasteiger partial charge on any atom is -0.435 e. The quantitative estimate of drug-likeness (QED) is 0.0764. The number of nitrogens with zero attached hydrogens (tertiary/aromatic N) is 28. The summed E-state index contributed by atoms with van der Waals surface area (Å²) < 4.78 is 231. The first-order valence-corrected chi connectivity index (χ1v) is 43.2. The number of imidazole rings is 4. The van der Waals surface area contributed by atoms with E-state index in [4.69, 9.17) is 18.1 Å². The van der Waals surface area contributed by atoms with Gasteiger partial charge in [0.25, 0.3) is 17.7 Å². The Labute approximate surface area is 788 Å². The summed E-state index contributed by atoms with van der Waals surface area (Å²) in [7, 11) is 0. The Morgan fingerprint density at radius 1 is 0.338 bits per heavy atom. The van der Waals surface area contributed by atoms with Crippen molar-refractivity contribution in [2.75, 3.05) is 0 Å². The van der Waals surface area contributed by atoms with E-state index in [-0.39, 0.29) is 88.4 Å². The molecule has 0 unspecified atom stereocenters. The fourth-order valence-corrected chi connectivity index (χ4v) is 16.9. The van der Waals surface area contributed by atoms with Crippen molar-refractivity contribution in [1.82, 2.24) is 139 Å². The van der Waals surface area contributed by atoms with Crippen LogP contribution in [0.2, 0.25) is 0 Å². The molecule has 0 atom stereocenters. The third-order valence-corrected chi connectivity index (χ3v) is 23.6. The zero-order valence-electron chi connectivity index (χ0n) is 74.1. The molecule has 0 amide bonds. The second-order valence-electron chi connectivity index (χ2n) is 33.1. The van der Waals surface area contributed by atoms with Crippen LogP contribution in [0.3, 0.4) is 0 Å². The summed E-state index contributed by atoms with van der Waals surface area (Å²) in [5.41, 5.74) is 14.5. The molecular weight excluding hydrogens is 1880 g/mol. The molecule has 24 rings (SSSR count). The first kappa shape index (κ1) is 90.8. The highest BCUT2D eigenvalue weighted by molar-refractivity contribution is 5.68. The monoisotopic (exact) mass is 1950 g/mol. The maximum atomic E-state index is 13.8. The third-order valence-electron chi connectivity index (χ3n) is 23.6. The van der Waals surface area contributed by atoms with Crippen molar-refractivity contribution in [3.63, 3.8) is 0 Å². The Morgan fingerprint density at radius 3 is 1.01 bits per heavy atom. The summed E-state index contributed by atoms with van der Waals surface area (Å²) in [5, 5.41) is 50.0. The molecule has 4 aliphatic rings. The van der Waals surface area contributed by atoms with Crippen LogP contribution in [0.4, 0.5) is 61.5 Å². The van der Waals surface area contributed by atoms with Gasteiger partial charge in [-0.3, -0.25) is 18.3 Å². The number of hydrogen-bond donors (Lipinski definition) is 0. The number of ether oxygens (including phenoxy) is 2. The Kier molecular flexibility index (Phi) is 23.2. The van der Waals surface area contributed by atoms with Crippen molar-refractivity contribution < 1.29 is 89.0 Å². The highest BCUT2D eigenvalue weighted by Crippen LogP contribution is 2.44. The van der Waals surface area contributed by atoms with Gasteiger partial charge in [0.15, 0.2) is 34.6 Å². The highest BCUT2D eigenvalue weighted by Gasteiger charge is 2.39. The van der Waals surface area contributed by atoms with Gasteiger partial charge in [0.2, 0.25) is 11.7 Å². The SMILES string of the molecule is CC(C)c1noc(-c2ncn3c2Cc2c(Cc4ccc(F)cc4)nnn2-c2cc(C(F)(F)F)ccc2-3)n1.Cc1nc(-c2ncn3c2Cc2c(Cc4ccc(F)cc4)nnn2-c2cc(C(F)(F)F)ccc2-3)no1.Cc1noc(-c2ncn3c2Cc2c(Cc4ccc(F)cc4)nnn2-c2cc(OC(F)F)ccc2-3)n1.Cc1noc(-c2ncn3c2Cc2c(Cc4cccc(F)c4)nnn2-c2cc(OC(F)F)ccc2-3)n1. The second kappa shape index (κ2) is 36.4. The molecule has 20 aromatic rings. The van der Waals surface area contributed by atoms with Crippen LogP contribution in [0.1, 0.15) is 145 Å². The lowest BCUT2D eigenvalue weighted by Crippen LogP contribution is -2.09. The predicted molar refractivity (Wildman–Crippen MR) is 467 cm³/mol. The van der Waals surface area contributed by atoms with Crippen molar-refractivity contribution in [2.45, 2.75) is 117 Å². The molecule has 16 heterocycles. The predicted octanol–water partition coefficient (Wildman–Crippen LogP) is 17.8. The van der Waals surface area contributed by atoms with Gasteiger partial charge in [-0.1, -0.05) is 104 Å². The van der Waals surface area contributed by atoms with Crippen LogP contribution in [0.25, 0.3) is 91.8 Å². The largest absolute Gasteiger partial charge is 0.435 e. The van der Waals surface area contributed by atoms with Crippen molar-refractivity contribution in [3.05, 3.63) is 344 Å². The Hall–Kier alpha value is -17.7. The average Bonchev–Trinajstić information content (AvgIpc) is 1.59. The number of hydrogen-bond acceptors (Lipinski definition) is 26. The van der Waals surface area contributed by atoms with E-state index in [1.165, 1.54) is 107 Å². The summed E-state index contributed by atoms with van der Waals surface area (Å²) in [6, 6.07) is 40.3. The first-order chi connectivity index (χ1) is 68.4. The second-order valence-corrected chi connectivity index (χ2v) is 33.1. The zero-order valence-corrected chi connectivity index (χ0v) is 74.1. The van der Waals surface area contributed by atoms with Crippen LogP contribution in [-0.4, -0.2) is 152 Å². The van der Waals surface area contributed by atoms with Gasteiger partial charge in [-0.25, -0.2) is 56.2 Å². The van der Waals surface area contributed by atoms with E-state index in [1.807, 2.05) is 23.0 Å². The molecular formula is C94H66F14N28O6. The number of fused-ring (bicyclic) bond motifs is 20. The van der Waals surface area contributed by atoms with E-state index in [0.717, 1.165) is 52.3 Å². The van der Waals surface area contributed by atoms with E-state index < -0.39 is 36.7 Å². The summed E-state index contributed by atoms with van der Waals surface area (Å²) in [6.45, 7) is 2.98. The number of halogens is 14. The van der Waals surface area contributed by atoms with Gasteiger partial charge in [0.05, 0.1) is 125 Å². The van der Waals surface area contributed by atoms with Crippen LogP contribution < -0.4 is 9.47 Å². The molecule has 0 spiro atoms. The van der Waals surface area contributed by atoms with Crippen LogP contribution in [-0.2, 0) is 63.7 Å². The Bertz CT molecular complexity index is 8150. The first-order valence-electron chi connectivity index (χ1n) is 43.2.